The molecule has 0 bridgehead atoms. The minimum atomic E-state index is -1.74. The summed E-state index contributed by atoms with van der Waals surface area (Å²) >= 11 is 26.0. The van der Waals surface area contributed by atoms with Crippen molar-refractivity contribution in [1.29, 1.82) is 0 Å². The molecule has 2 nitrogen and oxygen atoms in total. The lowest BCUT2D eigenvalue weighted by atomic mass is 10.7. The largest absolute Gasteiger partial charge is 0.322 e. The minimum Gasteiger partial charge on any atom is -0.322 e. The number of carbonyl (C=O) groups is 1. The Kier molecular flexibility index (Phi) is 4.45. The van der Waals surface area contributed by atoms with Crippen LogP contribution in [-0.2, 0) is 0 Å². The van der Waals surface area contributed by atoms with Crippen LogP contribution in [0.15, 0.2) is 0 Å². The molecule has 1 unspecified atom stereocenters. The second-order valence-electron chi connectivity index (χ2n) is 1.32. The SMILES string of the molecule is O=C(Cl)NC(Cl)C(Cl)(Cl)Cl. The maximum absolute atomic E-state index is 10.1. The van der Waals surface area contributed by atoms with Crippen molar-refractivity contribution in [2.24, 2.45) is 0 Å². The number of rotatable bonds is 1. The van der Waals surface area contributed by atoms with E-state index in [1.807, 2.05) is 5.32 Å². The zero-order valence-corrected chi connectivity index (χ0v) is 8.16. The summed E-state index contributed by atoms with van der Waals surface area (Å²) in [6.07, 6.45) is 0. The van der Waals surface area contributed by atoms with Crippen LogP contribution < -0.4 is 5.32 Å². The molecule has 0 aromatic heterocycles. The van der Waals surface area contributed by atoms with Gasteiger partial charge in [0, 0.05) is 0 Å². The van der Waals surface area contributed by atoms with E-state index in [2.05, 4.69) is 0 Å². The number of alkyl halides is 4. The fourth-order valence-corrected chi connectivity index (χ4v) is 0.609. The first kappa shape index (κ1) is 10.9. The maximum Gasteiger partial charge on any atom is 0.315 e. The predicted molar refractivity (Wildman–Crippen MR) is 44.3 cm³/mol. The van der Waals surface area contributed by atoms with Gasteiger partial charge in [0.15, 0.2) is 5.50 Å². The van der Waals surface area contributed by atoms with Gasteiger partial charge >= 0.3 is 5.37 Å². The Hall–Kier alpha value is 0.920. The van der Waals surface area contributed by atoms with Crippen LogP contribution in [0, 0.1) is 0 Å². The van der Waals surface area contributed by atoms with Gasteiger partial charge in [-0.25, -0.2) is 0 Å². The molecule has 0 spiro atoms. The fraction of sp³-hybridized carbons (Fsp3) is 0.667. The van der Waals surface area contributed by atoms with E-state index < -0.39 is 14.7 Å². The minimum absolute atomic E-state index is 0.869. The van der Waals surface area contributed by atoms with Crippen LogP contribution in [0.4, 0.5) is 4.79 Å². The molecule has 0 aliphatic heterocycles. The number of hydrogen-bond donors (Lipinski definition) is 1. The molecule has 1 amide bonds. The van der Waals surface area contributed by atoms with Gasteiger partial charge in [0.2, 0.25) is 3.79 Å². The van der Waals surface area contributed by atoms with E-state index in [0.717, 1.165) is 0 Å². The van der Waals surface area contributed by atoms with Gasteiger partial charge in [-0.3, -0.25) is 4.79 Å². The summed E-state index contributed by atoms with van der Waals surface area (Å²) in [4.78, 5) is 10.1. The van der Waals surface area contributed by atoms with Crippen molar-refractivity contribution in [3.8, 4) is 0 Å². The van der Waals surface area contributed by atoms with E-state index in [9.17, 15) is 4.79 Å². The van der Waals surface area contributed by atoms with Crippen molar-refractivity contribution in [2.45, 2.75) is 9.29 Å². The van der Waals surface area contributed by atoms with E-state index in [0.29, 0.717) is 0 Å². The van der Waals surface area contributed by atoms with E-state index in [1.165, 1.54) is 0 Å². The first-order chi connectivity index (χ1) is 4.34. The molecule has 0 saturated carbocycles. The van der Waals surface area contributed by atoms with Gasteiger partial charge in [-0.2, -0.15) is 0 Å². The molecular formula is C3H2Cl5NO. The summed E-state index contributed by atoms with van der Waals surface area (Å²) in [5.41, 5.74) is -1.12. The molecule has 0 aliphatic carbocycles. The van der Waals surface area contributed by atoms with Gasteiger partial charge in [-0.15, -0.1) is 0 Å². The first-order valence-corrected chi connectivity index (χ1v) is 3.95. The summed E-state index contributed by atoms with van der Waals surface area (Å²) in [5.74, 6) is 0. The molecule has 0 aromatic carbocycles. The topological polar surface area (TPSA) is 29.1 Å². The van der Waals surface area contributed by atoms with Crippen LogP contribution >= 0.6 is 58.0 Å². The van der Waals surface area contributed by atoms with Gasteiger partial charge in [0.05, 0.1) is 0 Å². The molecule has 0 saturated heterocycles. The Morgan fingerprint density at radius 1 is 1.40 bits per heavy atom. The van der Waals surface area contributed by atoms with Gasteiger partial charge in [-0.05, 0) is 11.6 Å². The predicted octanol–water partition coefficient (Wildman–Crippen LogP) is 2.87. The third-order valence-electron chi connectivity index (χ3n) is 0.528. The molecule has 10 heavy (non-hydrogen) atoms. The van der Waals surface area contributed by atoms with Crippen molar-refractivity contribution in [1.82, 2.24) is 5.32 Å². The lowest BCUT2D eigenvalue weighted by molar-refractivity contribution is 0.259. The highest BCUT2D eigenvalue weighted by Crippen LogP contribution is 2.32. The molecule has 0 heterocycles. The van der Waals surface area contributed by atoms with Gasteiger partial charge in [0.25, 0.3) is 0 Å². The van der Waals surface area contributed by atoms with Crippen molar-refractivity contribution >= 4 is 63.4 Å². The van der Waals surface area contributed by atoms with Crippen LogP contribution in [0.1, 0.15) is 0 Å². The Morgan fingerprint density at radius 3 is 1.90 bits per heavy atom. The van der Waals surface area contributed by atoms with Crippen LogP contribution in [0.2, 0.25) is 0 Å². The van der Waals surface area contributed by atoms with E-state index in [-0.39, 0.29) is 0 Å². The van der Waals surface area contributed by atoms with Crippen molar-refractivity contribution in [3.63, 3.8) is 0 Å². The Morgan fingerprint density at radius 2 is 1.80 bits per heavy atom. The van der Waals surface area contributed by atoms with E-state index in [4.69, 9.17) is 58.0 Å². The lowest BCUT2D eigenvalue weighted by Crippen LogP contribution is -2.36. The van der Waals surface area contributed by atoms with Crippen molar-refractivity contribution < 1.29 is 4.79 Å². The standard InChI is InChI=1S/C3H2Cl5NO/c4-1(3(6,7)8)9-2(5)10/h1H,(H,9,10). The third-order valence-corrected chi connectivity index (χ3v) is 2.06. The molecule has 0 aromatic rings. The Bertz CT molecular complexity index is 131. The van der Waals surface area contributed by atoms with E-state index in [1.54, 1.807) is 0 Å². The quantitative estimate of drug-likeness (QED) is 0.429. The second kappa shape index (κ2) is 4.07. The number of nitrogens with one attached hydrogen (secondary N) is 1. The van der Waals surface area contributed by atoms with Gasteiger partial charge in [-0.1, -0.05) is 46.4 Å². The normalized spacial score (nSPS) is 14.5. The Balaban J connectivity index is 3.85. The van der Waals surface area contributed by atoms with Crippen LogP contribution in [0.25, 0.3) is 0 Å². The molecule has 1 atom stereocenters. The first-order valence-electron chi connectivity index (χ1n) is 2.01. The molecule has 1 N–H and O–H groups in total. The summed E-state index contributed by atoms with van der Waals surface area (Å²) < 4.78 is -1.74. The van der Waals surface area contributed by atoms with Crippen LogP contribution in [0.5, 0.6) is 0 Å². The summed E-state index contributed by atoms with van der Waals surface area (Å²) in [5, 5.41) is 1.11. The molecule has 0 radical (unpaired) electrons. The van der Waals surface area contributed by atoms with Crippen LogP contribution in [-0.4, -0.2) is 14.7 Å². The zero-order valence-electron chi connectivity index (χ0n) is 4.38. The number of carbonyl (C=O) groups excluding carboxylic acids is 1. The average Bonchev–Trinajstić information content (AvgIpc) is 1.60. The van der Waals surface area contributed by atoms with Crippen LogP contribution in [0.3, 0.4) is 0 Å². The third kappa shape index (κ3) is 4.69. The smallest absolute Gasteiger partial charge is 0.315 e. The molecule has 0 fully saturated rings. The highest BCUT2D eigenvalue weighted by atomic mass is 35.6. The Labute approximate surface area is 82.7 Å². The highest BCUT2D eigenvalue weighted by molar-refractivity contribution is 6.70. The second-order valence-corrected chi connectivity index (χ2v) is 4.47. The summed E-state index contributed by atoms with van der Waals surface area (Å²) in [6, 6.07) is 0. The number of amides is 1. The maximum atomic E-state index is 10.1. The van der Waals surface area contributed by atoms with Gasteiger partial charge in [0.1, 0.15) is 0 Å². The number of hydrogen-bond acceptors (Lipinski definition) is 1. The molecule has 7 heteroatoms. The molecule has 0 rings (SSSR count). The molecule has 60 valence electrons. The van der Waals surface area contributed by atoms with Crippen molar-refractivity contribution in [3.05, 3.63) is 0 Å². The zero-order chi connectivity index (χ0) is 8.36. The van der Waals surface area contributed by atoms with E-state index >= 15 is 0 Å². The molecular weight excluding hydrogens is 243 g/mol. The summed E-state index contributed by atoms with van der Waals surface area (Å²) in [7, 11) is 0. The fourth-order valence-electron chi connectivity index (χ4n) is 0.181. The number of halogens is 5. The highest BCUT2D eigenvalue weighted by Gasteiger charge is 2.31. The summed E-state index contributed by atoms with van der Waals surface area (Å²) in [6.45, 7) is 0. The monoisotopic (exact) mass is 243 g/mol. The lowest BCUT2D eigenvalue weighted by Gasteiger charge is -2.17. The van der Waals surface area contributed by atoms with Crippen molar-refractivity contribution in [2.75, 3.05) is 0 Å². The molecule has 0 aliphatic rings. The van der Waals surface area contributed by atoms with Gasteiger partial charge < -0.3 is 5.32 Å². The average molecular weight is 245 g/mol.